The molecule has 25 heavy (non-hydrogen) atoms. The summed E-state index contributed by atoms with van der Waals surface area (Å²) in [7, 11) is 0. The first-order chi connectivity index (χ1) is 12.2. The predicted molar refractivity (Wildman–Crippen MR) is 94.6 cm³/mol. The van der Waals surface area contributed by atoms with E-state index in [0.29, 0.717) is 18.8 Å². The maximum Gasteiger partial charge on any atom is 0.161 e. The number of halogens is 1. The van der Waals surface area contributed by atoms with Crippen molar-refractivity contribution < 1.29 is 9.50 Å². The summed E-state index contributed by atoms with van der Waals surface area (Å²) in [5.41, 5.74) is 1.92. The van der Waals surface area contributed by atoms with Gasteiger partial charge in [-0.15, -0.1) is 0 Å². The molecule has 2 heterocycles. The monoisotopic (exact) mass is 335 g/mol. The molecule has 1 aromatic heterocycles. The lowest BCUT2D eigenvalue weighted by Crippen LogP contribution is -2.25. The molecule has 4 rings (SSSR count). The van der Waals surface area contributed by atoms with Gasteiger partial charge in [0.2, 0.25) is 0 Å². The Morgan fingerprint density at radius 3 is 2.52 bits per heavy atom. The number of anilines is 1. The quantitative estimate of drug-likeness (QED) is 0.795. The smallest absolute Gasteiger partial charge is 0.161 e. The zero-order chi connectivity index (χ0) is 17.2. The molecule has 0 bridgehead atoms. The lowest BCUT2D eigenvalue weighted by atomic mass is 10.0. The second-order valence-electron chi connectivity index (χ2n) is 6.21. The Balaban J connectivity index is 1.69. The summed E-state index contributed by atoms with van der Waals surface area (Å²) in [4.78, 5) is 11.1. The van der Waals surface area contributed by atoms with Crippen LogP contribution in [0.2, 0.25) is 0 Å². The molecule has 1 saturated heterocycles. The van der Waals surface area contributed by atoms with Crippen molar-refractivity contribution in [1.82, 2.24) is 9.97 Å². The average molecular weight is 335 g/mol. The van der Waals surface area contributed by atoms with Gasteiger partial charge < -0.3 is 10.0 Å². The van der Waals surface area contributed by atoms with Crippen LogP contribution in [0.1, 0.15) is 18.0 Å². The molecular weight excluding hydrogens is 317 g/mol. The first-order valence-corrected chi connectivity index (χ1v) is 8.29. The third kappa shape index (κ3) is 3.23. The van der Waals surface area contributed by atoms with Gasteiger partial charge in [0.15, 0.2) is 5.82 Å². The summed E-state index contributed by atoms with van der Waals surface area (Å²) in [6, 6.07) is 18.0. The van der Waals surface area contributed by atoms with Gasteiger partial charge in [0.25, 0.3) is 0 Å². The van der Waals surface area contributed by atoms with Crippen LogP contribution in [0.3, 0.4) is 0 Å². The molecule has 4 nitrogen and oxygen atoms in total. The normalized spacial score (nSPS) is 20.0. The molecule has 1 N–H and O–H groups in total. The Labute approximate surface area is 145 Å². The van der Waals surface area contributed by atoms with Gasteiger partial charge in [-0.3, -0.25) is 0 Å². The number of β-amino-alcohol motifs (C(OH)–C–C–N with tert-alkyl or cyclic N) is 1. The van der Waals surface area contributed by atoms with Gasteiger partial charge in [0.1, 0.15) is 11.6 Å². The summed E-state index contributed by atoms with van der Waals surface area (Å²) < 4.78 is 13.2. The lowest BCUT2D eigenvalue weighted by Gasteiger charge is -2.26. The van der Waals surface area contributed by atoms with Crippen LogP contribution in [0.4, 0.5) is 10.2 Å². The number of nitrogens with zero attached hydrogens (tertiary/aromatic N) is 3. The Morgan fingerprint density at radius 1 is 1.00 bits per heavy atom. The van der Waals surface area contributed by atoms with E-state index < -0.39 is 6.10 Å². The van der Waals surface area contributed by atoms with Gasteiger partial charge in [0.05, 0.1) is 12.1 Å². The van der Waals surface area contributed by atoms with Crippen molar-refractivity contribution >= 4 is 5.82 Å². The van der Waals surface area contributed by atoms with Gasteiger partial charge in [-0.05, 0) is 30.2 Å². The minimum absolute atomic E-state index is 0.0332. The molecule has 0 spiro atoms. The zero-order valence-corrected chi connectivity index (χ0v) is 13.6. The summed E-state index contributed by atoms with van der Waals surface area (Å²) in [6.07, 6.45) is 1.89. The van der Waals surface area contributed by atoms with Crippen LogP contribution in [0.15, 0.2) is 66.9 Å². The van der Waals surface area contributed by atoms with E-state index >= 15 is 0 Å². The van der Waals surface area contributed by atoms with Crippen LogP contribution in [0.25, 0.3) is 11.4 Å². The number of rotatable bonds is 3. The molecular formula is C20H18FN3O. The van der Waals surface area contributed by atoms with Crippen LogP contribution >= 0.6 is 0 Å². The van der Waals surface area contributed by atoms with Gasteiger partial charge in [0, 0.05) is 18.3 Å². The Bertz CT molecular complexity index is 854. The van der Waals surface area contributed by atoms with E-state index in [1.54, 1.807) is 18.3 Å². The van der Waals surface area contributed by atoms with Crippen molar-refractivity contribution in [3.63, 3.8) is 0 Å². The third-order valence-electron chi connectivity index (χ3n) is 4.50. The van der Waals surface area contributed by atoms with E-state index in [1.807, 2.05) is 36.4 Å². The number of hydrogen-bond acceptors (Lipinski definition) is 4. The van der Waals surface area contributed by atoms with Gasteiger partial charge >= 0.3 is 0 Å². The van der Waals surface area contributed by atoms with Crippen LogP contribution in [-0.2, 0) is 0 Å². The molecule has 5 heteroatoms. The second-order valence-corrected chi connectivity index (χ2v) is 6.21. The summed E-state index contributed by atoms with van der Waals surface area (Å²) >= 11 is 0. The minimum atomic E-state index is -0.440. The minimum Gasteiger partial charge on any atom is -0.391 e. The van der Waals surface area contributed by atoms with Crippen molar-refractivity contribution in [2.75, 3.05) is 11.4 Å². The third-order valence-corrected chi connectivity index (χ3v) is 4.50. The van der Waals surface area contributed by atoms with Gasteiger partial charge in [-0.1, -0.05) is 42.5 Å². The highest BCUT2D eigenvalue weighted by Gasteiger charge is 2.33. The van der Waals surface area contributed by atoms with Crippen LogP contribution in [0, 0.1) is 5.82 Å². The Kier molecular flexibility index (Phi) is 4.15. The molecule has 126 valence electrons. The molecule has 0 unspecified atom stereocenters. The van der Waals surface area contributed by atoms with Gasteiger partial charge in [-0.2, -0.15) is 0 Å². The van der Waals surface area contributed by atoms with Gasteiger partial charge in [-0.25, -0.2) is 14.4 Å². The predicted octanol–water partition coefficient (Wildman–Crippen LogP) is 3.60. The van der Waals surface area contributed by atoms with Crippen molar-refractivity contribution in [1.29, 1.82) is 0 Å². The summed E-state index contributed by atoms with van der Waals surface area (Å²) in [5, 5.41) is 10.2. The van der Waals surface area contributed by atoms with E-state index in [-0.39, 0.29) is 11.9 Å². The highest BCUT2D eigenvalue weighted by Crippen LogP contribution is 2.35. The van der Waals surface area contributed by atoms with Crippen LogP contribution in [0.5, 0.6) is 0 Å². The first-order valence-electron chi connectivity index (χ1n) is 8.29. The van der Waals surface area contributed by atoms with Crippen molar-refractivity contribution in [2.24, 2.45) is 0 Å². The Hall–Kier alpha value is -2.79. The number of benzene rings is 2. The van der Waals surface area contributed by atoms with Crippen molar-refractivity contribution in [3.05, 3.63) is 78.2 Å². The van der Waals surface area contributed by atoms with Crippen molar-refractivity contribution in [3.8, 4) is 11.4 Å². The topological polar surface area (TPSA) is 49.2 Å². The number of aromatic nitrogens is 2. The molecule has 3 aromatic rings. The fourth-order valence-electron chi connectivity index (χ4n) is 3.30. The first kappa shape index (κ1) is 15.7. The fraction of sp³-hybridized carbons (Fsp3) is 0.200. The summed E-state index contributed by atoms with van der Waals surface area (Å²) in [5.74, 6) is 1.15. The molecule has 2 aromatic carbocycles. The number of hydrogen-bond donors (Lipinski definition) is 1. The fourth-order valence-corrected chi connectivity index (χ4v) is 3.30. The molecule has 0 aliphatic carbocycles. The van der Waals surface area contributed by atoms with E-state index in [9.17, 15) is 9.50 Å². The highest BCUT2D eigenvalue weighted by molar-refractivity contribution is 5.57. The highest BCUT2D eigenvalue weighted by atomic mass is 19.1. The average Bonchev–Trinajstić information content (AvgIpc) is 3.05. The molecule has 0 saturated carbocycles. The van der Waals surface area contributed by atoms with E-state index in [0.717, 1.165) is 16.9 Å². The molecule has 1 aliphatic heterocycles. The maximum absolute atomic E-state index is 13.2. The number of aliphatic hydroxyl groups is 1. The standard InChI is InChI=1S/C20H18FN3O/c21-16-8-6-14(7-9-16)18-12-17(25)13-24(18)19-10-11-22-20(23-19)15-4-2-1-3-5-15/h1-11,17-18,25H,12-13H2/t17-,18+/m0/s1. The largest absolute Gasteiger partial charge is 0.391 e. The summed E-state index contributed by atoms with van der Waals surface area (Å²) in [6.45, 7) is 0.493. The SMILES string of the molecule is O[C@H]1C[C@H](c2ccc(F)cc2)N(c2ccnc(-c3ccccc3)n2)C1. The second kappa shape index (κ2) is 6.61. The van der Waals surface area contributed by atoms with E-state index in [2.05, 4.69) is 14.9 Å². The van der Waals surface area contributed by atoms with E-state index in [4.69, 9.17) is 0 Å². The zero-order valence-electron chi connectivity index (χ0n) is 13.6. The maximum atomic E-state index is 13.2. The van der Waals surface area contributed by atoms with E-state index in [1.165, 1.54) is 12.1 Å². The van der Waals surface area contributed by atoms with Crippen LogP contribution < -0.4 is 4.90 Å². The molecule has 1 fully saturated rings. The molecule has 1 aliphatic rings. The molecule has 0 amide bonds. The lowest BCUT2D eigenvalue weighted by molar-refractivity contribution is 0.194. The van der Waals surface area contributed by atoms with Crippen molar-refractivity contribution in [2.45, 2.75) is 18.6 Å². The van der Waals surface area contributed by atoms with Crippen LogP contribution in [-0.4, -0.2) is 27.7 Å². The molecule has 0 radical (unpaired) electrons. The Morgan fingerprint density at radius 2 is 1.76 bits per heavy atom. The number of aliphatic hydroxyl groups excluding tert-OH is 1. The molecule has 2 atom stereocenters.